The molecule has 0 saturated carbocycles. The van der Waals surface area contributed by atoms with E-state index in [0.717, 1.165) is 25.7 Å². The van der Waals surface area contributed by atoms with Crippen LogP contribution in [0.5, 0.6) is 0 Å². The molecule has 0 aromatic carbocycles. The van der Waals surface area contributed by atoms with Crippen LogP contribution in [0.2, 0.25) is 0 Å². The Kier molecular flexibility index (Phi) is 39.2. The molecule has 0 bridgehead atoms. The topological polar surface area (TPSA) is 96.8 Å². The third-order valence-corrected chi connectivity index (χ3v) is 9.10. The van der Waals surface area contributed by atoms with E-state index in [4.69, 9.17) is 25.7 Å². The van der Waals surface area contributed by atoms with Crippen molar-refractivity contribution in [2.45, 2.75) is 206 Å². The second kappa shape index (κ2) is 40.2. The number of ether oxygens (including phenoxy) is 3. The number of unbranched alkanes of at least 4 members (excludes halogenated alkanes) is 24. The molecule has 0 aliphatic heterocycles. The minimum absolute atomic E-state index is 0.268. The van der Waals surface area contributed by atoms with Gasteiger partial charge in [0, 0.05) is 19.8 Å². The smallest absolute Gasteiger partial charge is 0.249 e. The fourth-order valence-electron chi connectivity index (χ4n) is 6.02. The van der Waals surface area contributed by atoms with Crippen LogP contribution in [0.3, 0.4) is 0 Å². The molecule has 2 unspecified atom stereocenters. The number of nitrogens with two attached hydrogens (primary N) is 2. The van der Waals surface area contributed by atoms with E-state index in [2.05, 4.69) is 38.2 Å². The summed E-state index contributed by atoms with van der Waals surface area (Å²) in [5.74, 6) is -0.484. The van der Waals surface area contributed by atoms with Gasteiger partial charge in [-0.05, 0) is 64.2 Å². The van der Waals surface area contributed by atoms with Gasteiger partial charge in [-0.25, -0.2) is 0 Å². The summed E-state index contributed by atoms with van der Waals surface area (Å²) in [5, 5.41) is 0. The Morgan fingerprint density at radius 3 is 1.23 bits per heavy atom. The fraction of sp³-hybridized carbons (Fsp3) is 0.881. The zero-order valence-corrected chi connectivity index (χ0v) is 32.1. The summed E-state index contributed by atoms with van der Waals surface area (Å²) in [5.41, 5.74) is 11.4. The molecule has 48 heavy (non-hydrogen) atoms. The van der Waals surface area contributed by atoms with Gasteiger partial charge in [-0.3, -0.25) is 4.79 Å². The largest absolute Gasteiger partial charge is 0.377 e. The van der Waals surface area contributed by atoms with Crippen molar-refractivity contribution >= 4 is 5.91 Å². The van der Waals surface area contributed by atoms with E-state index in [-0.39, 0.29) is 6.61 Å². The maximum atomic E-state index is 12.3. The van der Waals surface area contributed by atoms with Crippen LogP contribution in [0.1, 0.15) is 194 Å². The van der Waals surface area contributed by atoms with Crippen molar-refractivity contribution < 1.29 is 19.0 Å². The number of hydrogen-bond donors (Lipinski definition) is 2. The molecule has 6 nitrogen and oxygen atoms in total. The zero-order valence-electron chi connectivity index (χ0n) is 32.1. The first kappa shape index (κ1) is 46.8. The summed E-state index contributed by atoms with van der Waals surface area (Å²) in [4.78, 5) is 12.3. The Labute approximate surface area is 299 Å². The van der Waals surface area contributed by atoms with Crippen LogP contribution in [-0.4, -0.2) is 51.1 Å². The van der Waals surface area contributed by atoms with Gasteiger partial charge in [-0.1, -0.05) is 154 Å². The van der Waals surface area contributed by atoms with Gasteiger partial charge in [0.15, 0.2) is 6.10 Å². The minimum Gasteiger partial charge on any atom is -0.377 e. The maximum Gasteiger partial charge on any atom is 0.249 e. The molecule has 0 radical (unpaired) electrons. The van der Waals surface area contributed by atoms with Crippen LogP contribution >= 0.6 is 0 Å². The highest BCUT2D eigenvalue weighted by molar-refractivity contribution is 5.79. The van der Waals surface area contributed by atoms with Gasteiger partial charge < -0.3 is 25.7 Å². The molecular formula is C42H82N2O4. The number of rotatable bonds is 40. The lowest BCUT2D eigenvalue weighted by molar-refractivity contribution is -0.147. The van der Waals surface area contributed by atoms with Crippen molar-refractivity contribution in [2.24, 2.45) is 11.5 Å². The first-order valence-corrected chi connectivity index (χ1v) is 20.8. The Balaban J connectivity index is 3.96. The van der Waals surface area contributed by atoms with E-state index < -0.39 is 18.1 Å². The lowest BCUT2D eigenvalue weighted by Crippen LogP contribution is -2.45. The molecule has 0 aromatic heterocycles. The van der Waals surface area contributed by atoms with Gasteiger partial charge in [-0.15, -0.1) is 0 Å². The van der Waals surface area contributed by atoms with Gasteiger partial charge in [0.1, 0.15) is 6.10 Å². The van der Waals surface area contributed by atoms with Crippen LogP contribution < -0.4 is 11.5 Å². The lowest BCUT2D eigenvalue weighted by atomic mass is 10.1. The molecule has 0 saturated heterocycles. The van der Waals surface area contributed by atoms with Gasteiger partial charge in [-0.2, -0.15) is 0 Å². The second-order valence-electron chi connectivity index (χ2n) is 13.8. The van der Waals surface area contributed by atoms with Gasteiger partial charge in [0.25, 0.3) is 0 Å². The monoisotopic (exact) mass is 679 g/mol. The third-order valence-electron chi connectivity index (χ3n) is 9.10. The molecular weight excluding hydrogens is 596 g/mol. The van der Waals surface area contributed by atoms with Gasteiger partial charge in [0.05, 0.1) is 13.2 Å². The second-order valence-corrected chi connectivity index (χ2v) is 13.8. The lowest BCUT2D eigenvalue weighted by Gasteiger charge is -2.25. The summed E-state index contributed by atoms with van der Waals surface area (Å²) >= 11 is 0. The average Bonchev–Trinajstić information content (AvgIpc) is 3.08. The van der Waals surface area contributed by atoms with Crippen LogP contribution in [0.25, 0.3) is 0 Å². The average molecular weight is 679 g/mol. The predicted molar refractivity (Wildman–Crippen MR) is 207 cm³/mol. The predicted octanol–water partition coefficient (Wildman–Crippen LogP) is 11.3. The molecule has 0 heterocycles. The Morgan fingerprint density at radius 1 is 0.500 bits per heavy atom. The molecule has 0 spiro atoms. The number of amides is 1. The van der Waals surface area contributed by atoms with E-state index in [1.807, 2.05) is 0 Å². The molecule has 0 aliphatic rings. The highest BCUT2D eigenvalue weighted by atomic mass is 16.6. The van der Waals surface area contributed by atoms with Crippen molar-refractivity contribution in [3.8, 4) is 0 Å². The van der Waals surface area contributed by atoms with E-state index in [9.17, 15) is 4.79 Å². The van der Waals surface area contributed by atoms with E-state index in [1.54, 1.807) is 0 Å². The molecule has 0 fully saturated rings. The summed E-state index contributed by atoms with van der Waals surface area (Å²) < 4.78 is 17.7. The molecule has 0 rings (SSSR count). The molecule has 284 valence electrons. The highest BCUT2D eigenvalue weighted by Crippen LogP contribution is 2.14. The van der Waals surface area contributed by atoms with Crippen LogP contribution in [0, 0.1) is 0 Å². The van der Waals surface area contributed by atoms with Crippen molar-refractivity contribution in [2.75, 3.05) is 33.0 Å². The van der Waals surface area contributed by atoms with Gasteiger partial charge >= 0.3 is 0 Å². The summed E-state index contributed by atoms with van der Waals surface area (Å²) in [6.45, 7) is 6.76. The molecule has 4 N–H and O–H groups in total. The van der Waals surface area contributed by atoms with Crippen molar-refractivity contribution in [3.63, 3.8) is 0 Å². The Bertz CT molecular complexity index is 699. The normalized spacial score (nSPS) is 13.2. The zero-order chi connectivity index (χ0) is 35.0. The van der Waals surface area contributed by atoms with E-state index in [1.165, 1.54) is 154 Å². The summed E-state index contributed by atoms with van der Waals surface area (Å²) in [6, 6.07) is 0. The van der Waals surface area contributed by atoms with Crippen LogP contribution in [-0.2, 0) is 19.0 Å². The number of carbonyl (C=O) groups is 1. The first-order chi connectivity index (χ1) is 23.7. The molecule has 0 aliphatic carbocycles. The van der Waals surface area contributed by atoms with Crippen molar-refractivity contribution in [1.29, 1.82) is 0 Å². The molecule has 2 atom stereocenters. The maximum absolute atomic E-state index is 12.3. The first-order valence-electron chi connectivity index (χ1n) is 20.8. The van der Waals surface area contributed by atoms with Crippen molar-refractivity contribution in [1.82, 2.24) is 0 Å². The third kappa shape index (κ3) is 34.6. The van der Waals surface area contributed by atoms with Gasteiger partial charge in [0.2, 0.25) is 5.91 Å². The number of allylic oxidation sites excluding steroid dienone is 4. The van der Waals surface area contributed by atoms with E-state index in [0.29, 0.717) is 26.4 Å². The summed E-state index contributed by atoms with van der Waals surface area (Å²) in [7, 11) is 0. The molecule has 0 aromatic rings. The summed E-state index contributed by atoms with van der Waals surface area (Å²) in [6.07, 6.45) is 43.7. The minimum atomic E-state index is -0.792. The van der Waals surface area contributed by atoms with Crippen LogP contribution in [0.15, 0.2) is 24.3 Å². The molecule has 6 heteroatoms. The van der Waals surface area contributed by atoms with E-state index >= 15 is 0 Å². The van der Waals surface area contributed by atoms with Crippen LogP contribution in [0.4, 0.5) is 0 Å². The fourth-order valence-corrected chi connectivity index (χ4v) is 6.02. The quantitative estimate of drug-likeness (QED) is 0.0496. The SMILES string of the molecule is CCCCCCCC/C=C\CCCCCCCCOC(COCCN)C(OCCCCCCCC/C=C\CCCCCCCC)C(N)=O. The Hall–Kier alpha value is -1.21. The van der Waals surface area contributed by atoms with Crippen molar-refractivity contribution in [3.05, 3.63) is 24.3 Å². The standard InChI is InChI=1S/C42H82N2O4/c1-3-5-7-9-11-13-15-17-19-21-23-25-27-29-31-33-36-47-40(39-46-38-35-43)41(42(44)45)48-37-34-32-30-28-26-24-22-20-18-16-14-12-10-8-6-4-2/h17-20,40-41H,3-16,21-39,43H2,1-2H3,(H2,44,45)/b19-17-,20-18-. The number of primary amides is 1. The number of carbonyl (C=O) groups excluding carboxylic acids is 1. The Morgan fingerprint density at radius 2 is 0.854 bits per heavy atom. The number of hydrogen-bond acceptors (Lipinski definition) is 5. The molecule has 1 amide bonds. The highest BCUT2D eigenvalue weighted by Gasteiger charge is 2.28.